The third-order valence-corrected chi connectivity index (χ3v) is 5.00. The minimum absolute atomic E-state index is 0.275. The van der Waals surface area contributed by atoms with Crippen molar-refractivity contribution in [3.8, 4) is 16.9 Å². The molecule has 0 unspecified atom stereocenters. The van der Waals surface area contributed by atoms with Crippen molar-refractivity contribution in [1.29, 1.82) is 0 Å². The number of aromatic nitrogens is 1. The summed E-state index contributed by atoms with van der Waals surface area (Å²) < 4.78 is 0. The fourth-order valence-corrected chi connectivity index (χ4v) is 3.51. The Balaban J connectivity index is 1.67. The van der Waals surface area contributed by atoms with E-state index in [1.54, 1.807) is 18.3 Å². The molecule has 127 valence electrons. The van der Waals surface area contributed by atoms with Crippen molar-refractivity contribution in [3.63, 3.8) is 0 Å². The van der Waals surface area contributed by atoms with Gasteiger partial charge in [0.25, 0.3) is 0 Å². The third-order valence-electron chi connectivity index (χ3n) is 5.00. The van der Waals surface area contributed by atoms with Crippen LogP contribution in [0.4, 0.5) is 5.69 Å². The lowest BCUT2D eigenvalue weighted by Crippen LogP contribution is -2.32. The molecule has 2 aromatic carbocycles. The number of phenols is 1. The van der Waals surface area contributed by atoms with Crippen molar-refractivity contribution in [2.45, 2.75) is 37.8 Å². The molecule has 25 heavy (non-hydrogen) atoms. The summed E-state index contributed by atoms with van der Waals surface area (Å²) in [5, 5.41) is 14.2. The summed E-state index contributed by atoms with van der Waals surface area (Å²) in [6.45, 7) is 0. The number of rotatable bonds is 3. The van der Waals surface area contributed by atoms with Gasteiger partial charge in [-0.3, -0.25) is 4.98 Å². The summed E-state index contributed by atoms with van der Waals surface area (Å²) in [6.07, 6.45) is 6.06. The van der Waals surface area contributed by atoms with E-state index < -0.39 is 0 Å². The Hall–Kier alpha value is -2.59. The van der Waals surface area contributed by atoms with Crippen LogP contribution >= 0.6 is 0 Å². The van der Waals surface area contributed by atoms with E-state index in [1.807, 2.05) is 18.2 Å². The molecule has 0 saturated heterocycles. The highest BCUT2D eigenvalue weighted by Gasteiger charge is 2.19. The molecule has 1 heterocycles. The average Bonchev–Trinajstić information content (AvgIpc) is 2.64. The number of anilines is 1. The first-order valence-electron chi connectivity index (χ1n) is 8.81. The predicted molar refractivity (Wildman–Crippen MR) is 102 cm³/mol. The van der Waals surface area contributed by atoms with Gasteiger partial charge in [-0.1, -0.05) is 18.2 Å². The van der Waals surface area contributed by atoms with E-state index in [0.717, 1.165) is 53.4 Å². The van der Waals surface area contributed by atoms with Crippen molar-refractivity contribution in [3.05, 3.63) is 54.7 Å². The van der Waals surface area contributed by atoms with Crippen molar-refractivity contribution < 1.29 is 5.11 Å². The van der Waals surface area contributed by atoms with Gasteiger partial charge in [-0.15, -0.1) is 0 Å². The number of nitrogens with zero attached hydrogens (tertiary/aromatic N) is 1. The standard InChI is InChI=1S/C21H22N3O/c22-16-4-6-17(7-5-16)24-21-11-12-23-20-10-3-15(13-19(20)21)14-1-8-18(25)9-2-14/h1-3,8-10,12-13,16-17,25H,4-7,22H2,(H,23,24). The van der Waals surface area contributed by atoms with Gasteiger partial charge >= 0.3 is 0 Å². The molecule has 1 saturated carbocycles. The van der Waals surface area contributed by atoms with Gasteiger partial charge in [-0.05, 0) is 61.1 Å². The third kappa shape index (κ3) is 3.44. The molecule has 4 nitrogen and oxygen atoms in total. The molecule has 1 aliphatic carbocycles. The summed E-state index contributed by atoms with van der Waals surface area (Å²) in [5.41, 5.74) is 10.1. The first-order chi connectivity index (χ1) is 12.2. The summed E-state index contributed by atoms with van der Waals surface area (Å²) >= 11 is 0. The van der Waals surface area contributed by atoms with E-state index in [1.165, 1.54) is 0 Å². The van der Waals surface area contributed by atoms with Crippen LogP contribution in [0, 0.1) is 6.07 Å². The van der Waals surface area contributed by atoms with Gasteiger partial charge in [-0.2, -0.15) is 0 Å². The number of nitrogens with one attached hydrogen (secondary N) is 1. The Kier molecular flexibility index (Phi) is 4.28. The van der Waals surface area contributed by atoms with Crippen LogP contribution in [0.15, 0.2) is 48.7 Å². The molecule has 4 heteroatoms. The fraction of sp³-hybridized carbons (Fsp3) is 0.286. The zero-order valence-corrected chi connectivity index (χ0v) is 14.1. The topological polar surface area (TPSA) is 71.2 Å². The van der Waals surface area contributed by atoms with Crippen LogP contribution in [-0.2, 0) is 0 Å². The van der Waals surface area contributed by atoms with E-state index in [-0.39, 0.29) is 5.75 Å². The Labute approximate surface area is 147 Å². The number of nitrogens with two attached hydrogens (primary N) is 1. The summed E-state index contributed by atoms with van der Waals surface area (Å²) in [5.74, 6) is 0.275. The van der Waals surface area contributed by atoms with Crippen molar-refractivity contribution in [1.82, 2.24) is 4.98 Å². The number of pyridine rings is 1. The van der Waals surface area contributed by atoms with Gasteiger partial charge in [-0.25, -0.2) is 0 Å². The second kappa shape index (κ2) is 6.73. The number of hydrogen-bond acceptors (Lipinski definition) is 4. The van der Waals surface area contributed by atoms with Crippen molar-refractivity contribution in [2.75, 3.05) is 5.32 Å². The van der Waals surface area contributed by atoms with E-state index in [0.29, 0.717) is 12.1 Å². The molecular formula is C21H22N3O. The number of aromatic hydroxyl groups is 1. The summed E-state index contributed by atoms with van der Waals surface area (Å²) in [6, 6.07) is 17.6. The molecule has 0 aliphatic heterocycles. The Bertz CT molecular complexity index is 868. The Morgan fingerprint density at radius 3 is 2.48 bits per heavy atom. The molecule has 0 atom stereocenters. The minimum atomic E-state index is 0.275. The Morgan fingerprint density at radius 2 is 1.72 bits per heavy atom. The molecule has 4 rings (SSSR count). The van der Waals surface area contributed by atoms with Gasteiger partial charge < -0.3 is 16.2 Å². The van der Waals surface area contributed by atoms with Gasteiger partial charge in [0, 0.05) is 29.7 Å². The van der Waals surface area contributed by atoms with Crippen LogP contribution in [0.25, 0.3) is 22.0 Å². The van der Waals surface area contributed by atoms with E-state index in [9.17, 15) is 5.11 Å². The first-order valence-corrected chi connectivity index (χ1v) is 8.81. The second-order valence-corrected chi connectivity index (χ2v) is 6.81. The molecule has 0 spiro atoms. The monoisotopic (exact) mass is 332 g/mol. The maximum Gasteiger partial charge on any atom is 0.115 e. The van der Waals surface area contributed by atoms with Crippen LogP contribution < -0.4 is 11.1 Å². The van der Waals surface area contributed by atoms with E-state index >= 15 is 0 Å². The van der Waals surface area contributed by atoms with Gasteiger partial charge in [0.1, 0.15) is 5.75 Å². The summed E-state index contributed by atoms with van der Waals surface area (Å²) in [4.78, 5) is 4.44. The van der Waals surface area contributed by atoms with Gasteiger partial charge in [0.2, 0.25) is 0 Å². The van der Waals surface area contributed by atoms with Crippen LogP contribution in [0.5, 0.6) is 5.75 Å². The molecule has 1 fully saturated rings. The highest BCUT2D eigenvalue weighted by molar-refractivity contribution is 5.94. The average molecular weight is 332 g/mol. The predicted octanol–water partition coefficient (Wildman–Crippen LogP) is 4.09. The zero-order chi connectivity index (χ0) is 17.2. The lowest BCUT2D eigenvalue weighted by atomic mass is 9.91. The molecular weight excluding hydrogens is 310 g/mol. The van der Waals surface area contributed by atoms with Crippen molar-refractivity contribution >= 4 is 16.6 Å². The van der Waals surface area contributed by atoms with Crippen LogP contribution in [0.1, 0.15) is 25.7 Å². The molecule has 4 N–H and O–H groups in total. The van der Waals surface area contributed by atoms with E-state index in [2.05, 4.69) is 28.5 Å². The number of phenolic OH excluding ortho intramolecular Hbond substituents is 1. The molecule has 0 bridgehead atoms. The Morgan fingerprint density at radius 1 is 1.00 bits per heavy atom. The fourth-order valence-electron chi connectivity index (χ4n) is 3.51. The molecule has 3 aromatic rings. The maximum absolute atomic E-state index is 9.49. The largest absolute Gasteiger partial charge is 0.508 e. The normalized spacial score (nSPS) is 20.5. The quantitative estimate of drug-likeness (QED) is 0.675. The number of fused-ring (bicyclic) bond motifs is 1. The summed E-state index contributed by atoms with van der Waals surface area (Å²) in [7, 11) is 0. The highest BCUT2D eigenvalue weighted by Crippen LogP contribution is 2.30. The van der Waals surface area contributed by atoms with Gasteiger partial charge in [0.15, 0.2) is 0 Å². The number of benzene rings is 2. The molecule has 1 radical (unpaired) electrons. The maximum atomic E-state index is 9.49. The second-order valence-electron chi connectivity index (χ2n) is 6.81. The molecule has 1 aliphatic rings. The van der Waals surface area contributed by atoms with Crippen LogP contribution in [0.2, 0.25) is 0 Å². The minimum Gasteiger partial charge on any atom is -0.508 e. The highest BCUT2D eigenvalue weighted by atomic mass is 16.3. The number of hydrogen-bond donors (Lipinski definition) is 3. The molecule has 1 aromatic heterocycles. The molecule has 0 amide bonds. The van der Waals surface area contributed by atoms with Gasteiger partial charge in [0.05, 0.1) is 11.2 Å². The van der Waals surface area contributed by atoms with Crippen LogP contribution in [-0.4, -0.2) is 22.2 Å². The lowest BCUT2D eigenvalue weighted by Gasteiger charge is -2.28. The smallest absolute Gasteiger partial charge is 0.115 e. The van der Waals surface area contributed by atoms with E-state index in [4.69, 9.17) is 5.73 Å². The lowest BCUT2D eigenvalue weighted by molar-refractivity contribution is 0.411. The zero-order valence-electron chi connectivity index (χ0n) is 14.1. The van der Waals surface area contributed by atoms with Crippen LogP contribution in [0.3, 0.4) is 0 Å². The van der Waals surface area contributed by atoms with Crippen molar-refractivity contribution in [2.24, 2.45) is 5.73 Å². The first kappa shape index (κ1) is 15.9. The SMILES string of the molecule is NC1CCC(Nc2[c]cnc3ccc(-c4ccc(O)cc4)cc23)CC1.